The molecule has 0 spiro atoms. The minimum atomic E-state index is -1.56. The minimum Gasteiger partial charge on any atom is -0.394 e. The van der Waals surface area contributed by atoms with Crippen LogP contribution in [0.1, 0.15) is 58.3 Å². The van der Waals surface area contributed by atoms with Crippen molar-refractivity contribution >= 4 is 17.8 Å². The molecular formula is C27H46N2O14. The number of carbonyl (C=O) groups excluding carboxylic acids is 3. The van der Waals surface area contributed by atoms with Crippen molar-refractivity contribution in [1.29, 1.82) is 0 Å². The summed E-state index contributed by atoms with van der Waals surface area (Å²) in [6.45, 7) is 2.57. The first-order valence-electron chi connectivity index (χ1n) is 14.8. The van der Waals surface area contributed by atoms with E-state index in [-0.39, 0.29) is 25.9 Å². The van der Waals surface area contributed by atoms with Crippen LogP contribution in [0.25, 0.3) is 0 Å². The number of carbonyl (C=O) groups is 3. The van der Waals surface area contributed by atoms with Gasteiger partial charge in [-0.3, -0.25) is 9.59 Å². The molecule has 0 aromatic heterocycles. The van der Waals surface area contributed by atoms with Gasteiger partial charge in [0.2, 0.25) is 0 Å². The van der Waals surface area contributed by atoms with Gasteiger partial charge in [0.25, 0.3) is 11.8 Å². The van der Waals surface area contributed by atoms with E-state index < -0.39 is 85.6 Å². The number of imide groups is 1. The molecule has 0 bridgehead atoms. The summed E-state index contributed by atoms with van der Waals surface area (Å²) < 4.78 is 16.7. The lowest BCUT2D eigenvalue weighted by Crippen LogP contribution is -2.59. The predicted octanol–water partition coefficient (Wildman–Crippen LogP) is -3.08. The standard InChI is InChI=1S/C27H46N2O14/c1-15-21(34)24(37)22(35)16(41-15)6-5-11-28(12-13-40-27-26(39)25(38)23(36)17(14-30)42-27)10-4-2-3-7-20(33)43-29-18(31)8-9-19(29)32/h15-17,21-27,30,34-39H,2-14H2,1H3/t15-,16-,17+,21+,22+,23+,24+,25-,26+,27+/m0/s1. The van der Waals surface area contributed by atoms with E-state index in [4.69, 9.17) is 19.0 Å². The van der Waals surface area contributed by atoms with Crippen LogP contribution in [-0.2, 0) is 33.4 Å². The van der Waals surface area contributed by atoms with Gasteiger partial charge in [0.15, 0.2) is 6.29 Å². The van der Waals surface area contributed by atoms with E-state index in [0.29, 0.717) is 56.8 Å². The molecule has 3 aliphatic heterocycles. The van der Waals surface area contributed by atoms with Gasteiger partial charge in [-0.1, -0.05) is 6.42 Å². The lowest BCUT2D eigenvalue weighted by Gasteiger charge is -2.40. The van der Waals surface area contributed by atoms with Crippen LogP contribution in [0.5, 0.6) is 0 Å². The maximum Gasteiger partial charge on any atom is 0.333 e. The Morgan fingerprint density at radius 2 is 1.44 bits per heavy atom. The molecule has 0 aromatic rings. The quantitative estimate of drug-likeness (QED) is 0.0668. The number of rotatable bonds is 16. The zero-order valence-electron chi connectivity index (χ0n) is 24.3. The number of nitrogens with zero attached hydrogens (tertiary/aromatic N) is 2. The molecule has 3 heterocycles. The van der Waals surface area contributed by atoms with Crippen LogP contribution in [0, 0.1) is 0 Å². The van der Waals surface area contributed by atoms with E-state index in [1.165, 1.54) is 0 Å². The molecule has 3 saturated heterocycles. The number of ether oxygens (including phenoxy) is 3. The molecule has 10 atom stereocenters. The molecule has 0 aliphatic carbocycles. The lowest BCUT2D eigenvalue weighted by molar-refractivity contribution is -0.301. The monoisotopic (exact) mass is 622 g/mol. The van der Waals surface area contributed by atoms with E-state index in [2.05, 4.69) is 0 Å². The molecule has 0 unspecified atom stereocenters. The van der Waals surface area contributed by atoms with Crippen molar-refractivity contribution in [2.24, 2.45) is 0 Å². The van der Waals surface area contributed by atoms with Gasteiger partial charge < -0.3 is 59.7 Å². The molecule has 0 radical (unpaired) electrons. The number of aliphatic hydroxyl groups excluding tert-OH is 7. The topological polar surface area (TPSA) is 236 Å². The Morgan fingerprint density at radius 3 is 2.12 bits per heavy atom. The second-order valence-electron chi connectivity index (χ2n) is 11.3. The summed E-state index contributed by atoms with van der Waals surface area (Å²) in [6.07, 6.45) is -9.18. The zero-order valence-corrected chi connectivity index (χ0v) is 24.3. The highest BCUT2D eigenvalue weighted by molar-refractivity contribution is 6.01. The molecule has 248 valence electrons. The summed E-state index contributed by atoms with van der Waals surface area (Å²) in [7, 11) is 0. The fourth-order valence-corrected chi connectivity index (χ4v) is 5.32. The van der Waals surface area contributed by atoms with Gasteiger partial charge in [0.05, 0.1) is 25.4 Å². The van der Waals surface area contributed by atoms with Crippen molar-refractivity contribution in [2.45, 2.75) is 120 Å². The van der Waals surface area contributed by atoms with Crippen molar-refractivity contribution in [3.63, 3.8) is 0 Å². The van der Waals surface area contributed by atoms with Crippen LogP contribution in [0.3, 0.4) is 0 Å². The summed E-state index contributed by atoms with van der Waals surface area (Å²) >= 11 is 0. The summed E-state index contributed by atoms with van der Waals surface area (Å²) in [5.74, 6) is -1.74. The fraction of sp³-hybridized carbons (Fsp3) is 0.889. The minimum absolute atomic E-state index is 0.0233. The van der Waals surface area contributed by atoms with E-state index >= 15 is 0 Å². The van der Waals surface area contributed by atoms with Crippen molar-refractivity contribution in [1.82, 2.24) is 9.96 Å². The van der Waals surface area contributed by atoms with Gasteiger partial charge in [0.1, 0.15) is 42.7 Å². The van der Waals surface area contributed by atoms with Crippen LogP contribution in [0.4, 0.5) is 0 Å². The maximum absolute atomic E-state index is 12.0. The normalized spacial score (nSPS) is 35.1. The predicted molar refractivity (Wildman–Crippen MR) is 143 cm³/mol. The summed E-state index contributed by atoms with van der Waals surface area (Å²) in [6, 6.07) is 0. The number of aliphatic hydroxyl groups is 7. The third kappa shape index (κ3) is 9.83. The Labute approximate surface area is 249 Å². The first-order valence-corrected chi connectivity index (χ1v) is 14.8. The number of amides is 2. The molecule has 16 nitrogen and oxygen atoms in total. The van der Waals surface area contributed by atoms with E-state index in [0.717, 1.165) is 0 Å². The zero-order chi connectivity index (χ0) is 31.7. The molecule has 16 heteroatoms. The lowest BCUT2D eigenvalue weighted by atomic mass is 9.93. The van der Waals surface area contributed by atoms with Crippen LogP contribution >= 0.6 is 0 Å². The molecule has 43 heavy (non-hydrogen) atoms. The molecule has 2 amide bonds. The molecule has 0 aromatic carbocycles. The second-order valence-corrected chi connectivity index (χ2v) is 11.3. The van der Waals surface area contributed by atoms with Crippen molar-refractivity contribution in [3.05, 3.63) is 0 Å². The van der Waals surface area contributed by atoms with Crippen LogP contribution in [0.2, 0.25) is 0 Å². The van der Waals surface area contributed by atoms with Crippen LogP contribution in [0.15, 0.2) is 0 Å². The van der Waals surface area contributed by atoms with Gasteiger partial charge in [-0.05, 0) is 45.7 Å². The maximum atomic E-state index is 12.0. The molecule has 3 fully saturated rings. The van der Waals surface area contributed by atoms with E-state index in [1.807, 2.05) is 4.90 Å². The first kappa shape index (κ1) is 35.6. The number of hydrogen-bond acceptors (Lipinski definition) is 15. The Balaban J connectivity index is 1.45. The Hall–Kier alpha value is -1.83. The first-order chi connectivity index (χ1) is 20.4. The van der Waals surface area contributed by atoms with Gasteiger partial charge in [-0.15, -0.1) is 5.06 Å². The third-order valence-corrected chi connectivity index (χ3v) is 8.01. The average Bonchev–Trinajstić information content (AvgIpc) is 3.30. The number of hydrogen-bond donors (Lipinski definition) is 7. The van der Waals surface area contributed by atoms with Gasteiger partial charge >= 0.3 is 5.97 Å². The molecular weight excluding hydrogens is 576 g/mol. The SMILES string of the molecule is C[C@@H]1O[C@@H](CCCN(CCCCCC(=O)ON2C(=O)CCC2=O)CCO[C@@H]2O[C@H](CO)[C@@H](O)[C@H](O)[C@H]2O)[C@@H](O)[C@H](O)[C@@H]1O. The van der Waals surface area contributed by atoms with Crippen LogP contribution in [-0.4, -0.2) is 158 Å². The summed E-state index contributed by atoms with van der Waals surface area (Å²) in [4.78, 5) is 42.1. The van der Waals surface area contributed by atoms with Gasteiger partial charge in [-0.25, -0.2) is 4.79 Å². The van der Waals surface area contributed by atoms with E-state index in [1.54, 1.807) is 6.92 Å². The molecule has 0 saturated carbocycles. The average molecular weight is 623 g/mol. The molecule has 3 rings (SSSR count). The van der Waals surface area contributed by atoms with Gasteiger partial charge in [0, 0.05) is 25.8 Å². The summed E-state index contributed by atoms with van der Waals surface area (Å²) in [5.41, 5.74) is 0. The third-order valence-electron chi connectivity index (χ3n) is 8.01. The number of unbranched alkanes of at least 4 members (excludes halogenated alkanes) is 2. The smallest absolute Gasteiger partial charge is 0.333 e. The highest BCUT2D eigenvalue weighted by atomic mass is 16.7. The van der Waals surface area contributed by atoms with Crippen molar-refractivity contribution in [3.8, 4) is 0 Å². The van der Waals surface area contributed by atoms with Crippen LogP contribution < -0.4 is 0 Å². The largest absolute Gasteiger partial charge is 0.394 e. The van der Waals surface area contributed by atoms with Crippen molar-refractivity contribution < 1.29 is 69.2 Å². The highest BCUT2D eigenvalue weighted by Crippen LogP contribution is 2.25. The Morgan fingerprint density at radius 1 is 0.814 bits per heavy atom. The number of hydroxylamine groups is 2. The summed E-state index contributed by atoms with van der Waals surface area (Å²) in [5, 5.41) is 70.4. The van der Waals surface area contributed by atoms with Crippen molar-refractivity contribution in [2.75, 3.05) is 32.8 Å². The Kier molecular flexibility index (Phi) is 14.1. The fourth-order valence-electron chi connectivity index (χ4n) is 5.32. The molecule has 7 N–H and O–H groups in total. The van der Waals surface area contributed by atoms with E-state index in [9.17, 15) is 50.1 Å². The highest BCUT2D eigenvalue weighted by Gasteiger charge is 2.44. The molecule has 3 aliphatic rings. The Bertz CT molecular complexity index is 893. The van der Waals surface area contributed by atoms with Gasteiger partial charge in [-0.2, -0.15) is 0 Å². The second kappa shape index (κ2) is 17.0.